The summed E-state index contributed by atoms with van der Waals surface area (Å²) in [5.74, 6) is -0.467. The fraction of sp³-hybridized carbons (Fsp3) is 0.786. The molecule has 0 aromatic heterocycles. The Bertz CT molecular complexity index is 425. The van der Waals surface area contributed by atoms with Crippen LogP contribution in [0.3, 0.4) is 0 Å². The van der Waals surface area contributed by atoms with Crippen LogP contribution < -0.4 is 0 Å². The lowest BCUT2D eigenvalue weighted by Gasteiger charge is -2.37. The summed E-state index contributed by atoms with van der Waals surface area (Å²) in [7, 11) is -4.04. The molecule has 0 aliphatic carbocycles. The van der Waals surface area contributed by atoms with Gasteiger partial charge in [-0.05, 0) is 19.8 Å². The van der Waals surface area contributed by atoms with E-state index in [1.54, 1.807) is 0 Å². The van der Waals surface area contributed by atoms with Crippen LogP contribution in [0.15, 0.2) is 12.3 Å². The summed E-state index contributed by atoms with van der Waals surface area (Å²) in [6.07, 6.45) is 5.39. The second-order valence-electron chi connectivity index (χ2n) is 5.18. The maximum absolute atomic E-state index is 10.6. The van der Waals surface area contributed by atoms with E-state index in [2.05, 4.69) is 25.5 Å². The molecule has 6 nitrogen and oxygen atoms in total. The normalized spacial score (nSPS) is 14.0. The smallest absolute Gasteiger partial charge is 0.338 e. The Morgan fingerprint density at radius 3 is 1.86 bits per heavy atom. The molecule has 0 radical (unpaired) electrons. The fourth-order valence-corrected chi connectivity index (χ4v) is 2.94. The minimum Gasteiger partial charge on any atom is -0.748 e. The summed E-state index contributed by atoms with van der Waals surface area (Å²) in [6.45, 7) is 10.4. The molecular weight excluding hydrogens is 294 g/mol. The summed E-state index contributed by atoms with van der Waals surface area (Å²) in [5.41, 5.74) is 0. The predicted octanol–water partition coefficient (Wildman–Crippen LogP) is 1.64. The van der Waals surface area contributed by atoms with Gasteiger partial charge >= 0.3 is 5.97 Å². The molecule has 0 amide bonds. The number of hydrogen-bond donors (Lipinski definition) is 0. The molecular formula is C14H27NO5S. The lowest BCUT2D eigenvalue weighted by atomic mass is 10.2. The second kappa shape index (κ2) is 9.92. The monoisotopic (exact) mass is 321 g/mol. The molecule has 0 N–H and O–H groups in total. The van der Waals surface area contributed by atoms with Crippen molar-refractivity contribution in [2.24, 2.45) is 0 Å². The van der Waals surface area contributed by atoms with E-state index in [-0.39, 0.29) is 11.7 Å². The molecule has 21 heavy (non-hydrogen) atoms. The average Bonchev–Trinajstić information content (AvgIpc) is 2.36. The molecule has 7 heteroatoms. The SMILES string of the molecule is CCC[N+](CC)(CCC)CCCS(=O)(=O)[O-].O=C1C=CO1. The molecule has 0 aromatic carbocycles. The Morgan fingerprint density at radius 2 is 1.62 bits per heavy atom. The zero-order valence-corrected chi connectivity index (χ0v) is 14.0. The molecule has 124 valence electrons. The minimum atomic E-state index is -4.04. The highest BCUT2D eigenvalue weighted by Crippen LogP contribution is 2.11. The third-order valence-corrected chi connectivity index (χ3v) is 4.27. The fourth-order valence-electron chi connectivity index (χ4n) is 2.46. The zero-order chi connectivity index (χ0) is 16.4. The number of rotatable bonds is 9. The van der Waals surface area contributed by atoms with Crippen molar-refractivity contribution in [3.63, 3.8) is 0 Å². The van der Waals surface area contributed by atoms with Crippen LogP contribution in [0.1, 0.15) is 40.0 Å². The minimum absolute atomic E-state index is 0.222. The maximum atomic E-state index is 10.6. The van der Waals surface area contributed by atoms with Crippen LogP contribution in [0.25, 0.3) is 0 Å². The highest BCUT2D eigenvalue weighted by molar-refractivity contribution is 7.85. The van der Waals surface area contributed by atoms with E-state index in [0.29, 0.717) is 6.42 Å². The van der Waals surface area contributed by atoms with Crippen molar-refractivity contribution in [2.45, 2.75) is 40.0 Å². The number of esters is 1. The highest BCUT2D eigenvalue weighted by atomic mass is 32.2. The molecule has 1 aliphatic rings. The van der Waals surface area contributed by atoms with Gasteiger partial charge in [-0.1, -0.05) is 13.8 Å². The van der Waals surface area contributed by atoms with Crippen molar-refractivity contribution in [1.82, 2.24) is 0 Å². The van der Waals surface area contributed by atoms with Gasteiger partial charge in [0.15, 0.2) is 0 Å². The lowest BCUT2D eigenvalue weighted by Crippen LogP contribution is -2.50. The van der Waals surface area contributed by atoms with Crippen LogP contribution in [-0.4, -0.2) is 55.4 Å². The third kappa shape index (κ3) is 9.60. The predicted molar refractivity (Wildman–Crippen MR) is 80.4 cm³/mol. The summed E-state index contributed by atoms with van der Waals surface area (Å²) in [5, 5.41) is 0. The van der Waals surface area contributed by atoms with Crippen molar-refractivity contribution in [3.05, 3.63) is 12.3 Å². The topological polar surface area (TPSA) is 83.5 Å². The van der Waals surface area contributed by atoms with Crippen LogP contribution in [0, 0.1) is 0 Å². The van der Waals surface area contributed by atoms with Crippen LogP contribution in [-0.2, 0) is 19.6 Å². The molecule has 0 saturated heterocycles. The van der Waals surface area contributed by atoms with E-state index in [4.69, 9.17) is 0 Å². The standard InChI is InChI=1S/C11H25NO3S.C3H2O2/c1-4-8-12(6-3,9-5-2)10-7-11-16(13,14)15;4-3-1-2-5-3/h4-11H2,1-3H3;1-2H. The maximum Gasteiger partial charge on any atom is 0.338 e. The molecule has 0 fully saturated rings. The Kier molecular flexibility index (Phi) is 9.48. The second-order valence-corrected chi connectivity index (χ2v) is 6.71. The number of ether oxygens (including phenoxy) is 1. The quantitative estimate of drug-likeness (QED) is 0.366. The summed E-state index contributed by atoms with van der Waals surface area (Å²) < 4.78 is 36.7. The van der Waals surface area contributed by atoms with Crippen molar-refractivity contribution in [3.8, 4) is 0 Å². The number of carbonyl (C=O) groups excluding carboxylic acids is 1. The molecule has 0 aromatic rings. The molecule has 0 atom stereocenters. The first kappa shape index (κ1) is 20.1. The largest absolute Gasteiger partial charge is 0.748 e. The van der Waals surface area contributed by atoms with Gasteiger partial charge in [0.25, 0.3) is 0 Å². The van der Waals surface area contributed by atoms with Gasteiger partial charge in [0.05, 0.1) is 42.4 Å². The zero-order valence-electron chi connectivity index (χ0n) is 13.2. The molecule has 0 saturated carbocycles. The average molecular weight is 321 g/mol. The number of nitrogens with zero attached hydrogens (tertiary/aromatic N) is 1. The Morgan fingerprint density at radius 1 is 1.14 bits per heavy atom. The van der Waals surface area contributed by atoms with Crippen LogP contribution in [0.4, 0.5) is 0 Å². The van der Waals surface area contributed by atoms with Crippen molar-refractivity contribution < 1.29 is 27.0 Å². The molecule has 1 heterocycles. The summed E-state index contributed by atoms with van der Waals surface area (Å²) in [4.78, 5) is 9.59. The van der Waals surface area contributed by atoms with E-state index in [1.165, 1.54) is 12.3 Å². The summed E-state index contributed by atoms with van der Waals surface area (Å²) in [6, 6.07) is 0. The molecule has 0 spiro atoms. The Balaban J connectivity index is 0.000000662. The van der Waals surface area contributed by atoms with E-state index < -0.39 is 10.1 Å². The molecule has 1 aliphatic heterocycles. The van der Waals surface area contributed by atoms with Gasteiger partial charge in [0.1, 0.15) is 6.26 Å². The van der Waals surface area contributed by atoms with Gasteiger partial charge in [-0.3, -0.25) is 0 Å². The Labute approximate surface area is 128 Å². The first-order chi connectivity index (χ1) is 9.78. The van der Waals surface area contributed by atoms with Crippen molar-refractivity contribution in [2.75, 3.05) is 31.9 Å². The highest BCUT2D eigenvalue weighted by Gasteiger charge is 2.22. The first-order valence-corrected chi connectivity index (χ1v) is 9.02. The number of hydrogen-bond acceptors (Lipinski definition) is 5. The first-order valence-electron chi connectivity index (χ1n) is 7.44. The van der Waals surface area contributed by atoms with Crippen molar-refractivity contribution in [1.29, 1.82) is 0 Å². The van der Waals surface area contributed by atoms with Crippen molar-refractivity contribution >= 4 is 16.1 Å². The Hall–Kier alpha value is -0.920. The number of quaternary nitrogens is 1. The van der Waals surface area contributed by atoms with Gasteiger partial charge in [-0.2, -0.15) is 0 Å². The molecule has 0 bridgehead atoms. The van der Waals surface area contributed by atoms with Gasteiger partial charge in [-0.15, -0.1) is 0 Å². The summed E-state index contributed by atoms with van der Waals surface area (Å²) >= 11 is 0. The molecule has 0 unspecified atom stereocenters. The van der Waals surface area contributed by atoms with Crippen LogP contribution in [0.5, 0.6) is 0 Å². The van der Waals surface area contributed by atoms with Gasteiger partial charge in [0, 0.05) is 12.2 Å². The third-order valence-electron chi connectivity index (χ3n) is 3.48. The lowest BCUT2D eigenvalue weighted by molar-refractivity contribution is -0.926. The number of carbonyl (C=O) groups is 1. The van der Waals surface area contributed by atoms with E-state index in [9.17, 15) is 17.8 Å². The van der Waals surface area contributed by atoms with E-state index >= 15 is 0 Å². The molecule has 1 rings (SSSR count). The van der Waals surface area contributed by atoms with Crippen LogP contribution in [0.2, 0.25) is 0 Å². The van der Waals surface area contributed by atoms with Crippen LogP contribution >= 0.6 is 0 Å². The van der Waals surface area contributed by atoms with Gasteiger partial charge in [-0.25, -0.2) is 13.2 Å². The van der Waals surface area contributed by atoms with E-state index in [0.717, 1.165) is 43.5 Å². The van der Waals surface area contributed by atoms with E-state index in [1.807, 2.05) is 0 Å². The number of cyclic esters (lactones) is 1. The van der Waals surface area contributed by atoms with Gasteiger partial charge < -0.3 is 13.8 Å². The van der Waals surface area contributed by atoms with Gasteiger partial charge in [0.2, 0.25) is 0 Å².